The van der Waals surface area contributed by atoms with E-state index >= 15 is 0 Å². The number of ether oxygens (including phenoxy) is 3. The lowest BCUT2D eigenvalue weighted by Gasteiger charge is -2.38. The normalized spacial score (nSPS) is 13.0. The Morgan fingerprint density at radius 2 is 1.51 bits per heavy atom. The van der Waals surface area contributed by atoms with E-state index in [1.807, 2.05) is 37.3 Å². The van der Waals surface area contributed by atoms with Crippen LogP contribution < -0.4 is 35.2 Å². The molecule has 3 amide bonds. The molecule has 1 aliphatic heterocycles. The van der Waals surface area contributed by atoms with E-state index in [4.69, 9.17) is 14.2 Å². The van der Waals surface area contributed by atoms with E-state index in [2.05, 4.69) is 31.8 Å². The molecule has 0 aromatic heterocycles. The molecule has 10 heteroatoms. The van der Waals surface area contributed by atoms with Crippen molar-refractivity contribution in [2.45, 2.75) is 13.3 Å². The molecule has 0 aliphatic carbocycles. The van der Waals surface area contributed by atoms with Gasteiger partial charge >= 0.3 is 6.03 Å². The van der Waals surface area contributed by atoms with E-state index in [0.717, 1.165) is 43.3 Å². The van der Waals surface area contributed by atoms with E-state index < -0.39 is 6.03 Å². The maximum Gasteiger partial charge on any atom is 0.323 e. The molecule has 3 N–H and O–H groups in total. The summed E-state index contributed by atoms with van der Waals surface area (Å²) in [5, 5.41) is 8.66. The summed E-state index contributed by atoms with van der Waals surface area (Å²) in [6.07, 6.45) is 0.716. The highest BCUT2D eigenvalue weighted by atomic mass is 16.5. The van der Waals surface area contributed by atoms with Crippen LogP contribution in [0.2, 0.25) is 0 Å². The van der Waals surface area contributed by atoms with E-state index in [-0.39, 0.29) is 5.91 Å². The summed E-state index contributed by atoms with van der Waals surface area (Å²) >= 11 is 0. The molecule has 0 unspecified atom stereocenters. The number of amides is 3. The minimum Gasteiger partial charge on any atom is -0.497 e. The number of benzene rings is 3. The highest BCUT2D eigenvalue weighted by molar-refractivity contribution is 6.04. The van der Waals surface area contributed by atoms with Crippen LogP contribution in [0.5, 0.6) is 11.5 Å². The summed E-state index contributed by atoms with van der Waals surface area (Å²) in [6.45, 7) is 6.68. The summed E-state index contributed by atoms with van der Waals surface area (Å²) in [5.41, 5.74) is 3.50. The third kappa shape index (κ3) is 8.04. The third-order valence-electron chi connectivity index (χ3n) is 6.83. The number of methoxy groups -OCH3 is 2. The molecule has 3 aromatic carbocycles. The smallest absolute Gasteiger partial charge is 0.323 e. The number of carbonyl (C=O) groups excluding carboxylic acids is 2. The van der Waals surface area contributed by atoms with Crippen LogP contribution in [-0.2, 0) is 4.74 Å². The number of anilines is 4. The SMILES string of the molecule is CCOCCCNC(=O)c1cc(NC(=O)Nc2cccc(OC)c2)ccc1N1CCN(c2ccccc2OC)CC1. The number of hydrogen-bond acceptors (Lipinski definition) is 7. The van der Waals surface area contributed by atoms with Crippen molar-refractivity contribution in [3.05, 3.63) is 72.3 Å². The molecule has 0 saturated carbocycles. The quantitative estimate of drug-likeness (QED) is 0.272. The highest BCUT2D eigenvalue weighted by Gasteiger charge is 2.24. The van der Waals surface area contributed by atoms with Gasteiger partial charge in [-0.05, 0) is 55.8 Å². The van der Waals surface area contributed by atoms with Gasteiger partial charge in [0, 0.05) is 69.1 Å². The Kier molecular flexibility index (Phi) is 10.7. The number of nitrogens with zero attached hydrogens (tertiary/aromatic N) is 2. The van der Waals surface area contributed by atoms with Gasteiger partial charge in [0.2, 0.25) is 0 Å². The molecule has 1 aliphatic rings. The van der Waals surface area contributed by atoms with Crippen molar-refractivity contribution in [1.82, 2.24) is 5.32 Å². The van der Waals surface area contributed by atoms with Gasteiger partial charge in [0.1, 0.15) is 11.5 Å². The number of carbonyl (C=O) groups is 2. The van der Waals surface area contributed by atoms with Gasteiger partial charge in [-0.1, -0.05) is 18.2 Å². The minimum absolute atomic E-state index is 0.194. The number of urea groups is 1. The molecule has 3 aromatic rings. The number of piperazine rings is 1. The summed E-state index contributed by atoms with van der Waals surface area (Å²) in [7, 11) is 3.25. The topological polar surface area (TPSA) is 104 Å². The average molecular weight is 562 g/mol. The van der Waals surface area contributed by atoms with Crippen molar-refractivity contribution in [2.24, 2.45) is 0 Å². The van der Waals surface area contributed by atoms with Crippen LogP contribution in [0.15, 0.2) is 66.7 Å². The first-order chi connectivity index (χ1) is 20.0. The number of para-hydroxylation sites is 2. The summed E-state index contributed by atoms with van der Waals surface area (Å²) in [5.74, 6) is 1.29. The monoisotopic (exact) mass is 561 g/mol. The Balaban J connectivity index is 1.48. The molecule has 0 bridgehead atoms. The maximum atomic E-state index is 13.4. The molecule has 1 fully saturated rings. The van der Waals surface area contributed by atoms with Crippen molar-refractivity contribution in [2.75, 3.05) is 80.6 Å². The fourth-order valence-corrected chi connectivity index (χ4v) is 4.76. The second-order valence-electron chi connectivity index (χ2n) is 9.50. The maximum absolute atomic E-state index is 13.4. The lowest BCUT2D eigenvalue weighted by molar-refractivity contribution is 0.0944. The second-order valence-corrected chi connectivity index (χ2v) is 9.50. The molecule has 0 radical (unpaired) electrons. The molecule has 218 valence electrons. The lowest BCUT2D eigenvalue weighted by Crippen LogP contribution is -2.47. The predicted molar refractivity (Wildman–Crippen MR) is 163 cm³/mol. The fraction of sp³-hybridized carbons (Fsp3) is 0.355. The highest BCUT2D eigenvalue weighted by Crippen LogP contribution is 2.31. The van der Waals surface area contributed by atoms with Gasteiger partial charge < -0.3 is 40.0 Å². The van der Waals surface area contributed by atoms with E-state index in [9.17, 15) is 9.59 Å². The van der Waals surface area contributed by atoms with Crippen molar-refractivity contribution in [3.63, 3.8) is 0 Å². The number of rotatable bonds is 12. The van der Waals surface area contributed by atoms with Crippen LogP contribution in [0.4, 0.5) is 27.5 Å². The van der Waals surface area contributed by atoms with Crippen molar-refractivity contribution < 1.29 is 23.8 Å². The number of hydrogen-bond donors (Lipinski definition) is 3. The third-order valence-corrected chi connectivity index (χ3v) is 6.83. The van der Waals surface area contributed by atoms with Gasteiger partial charge in [-0.3, -0.25) is 4.79 Å². The minimum atomic E-state index is -0.417. The molecular weight excluding hydrogens is 522 g/mol. The van der Waals surface area contributed by atoms with Crippen LogP contribution in [0, 0.1) is 0 Å². The predicted octanol–water partition coefficient (Wildman–Crippen LogP) is 4.83. The largest absolute Gasteiger partial charge is 0.497 e. The first kappa shape index (κ1) is 29.5. The second kappa shape index (κ2) is 14.8. The summed E-state index contributed by atoms with van der Waals surface area (Å²) < 4.78 is 16.2. The van der Waals surface area contributed by atoms with E-state index in [1.54, 1.807) is 44.6 Å². The van der Waals surface area contributed by atoms with Gasteiger partial charge in [-0.25, -0.2) is 4.79 Å². The van der Waals surface area contributed by atoms with E-state index in [1.165, 1.54) is 0 Å². The van der Waals surface area contributed by atoms with Crippen molar-refractivity contribution >= 4 is 34.7 Å². The molecule has 4 rings (SSSR count). The molecule has 1 heterocycles. The van der Waals surface area contributed by atoms with Crippen LogP contribution in [-0.4, -0.2) is 72.1 Å². The van der Waals surface area contributed by atoms with Gasteiger partial charge in [0.05, 0.1) is 25.5 Å². The van der Waals surface area contributed by atoms with Gasteiger partial charge in [-0.15, -0.1) is 0 Å². The molecule has 0 spiro atoms. The first-order valence-corrected chi connectivity index (χ1v) is 13.9. The Hall–Kier alpha value is -4.44. The van der Waals surface area contributed by atoms with Gasteiger partial charge in [0.25, 0.3) is 5.91 Å². The molecule has 0 atom stereocenters. The van der Waals surface area contributed by atoms with Crippen LogP contribution in [0.3, 0.4) is 0 Å². The lowest BCUT2D eigenvalue weighted by atomic mass is 10.1. The van der Waals surface area contributed by atoms with Gasteiger partial charge in [-0.2, -0.15) is 0 Å². The molecule has 41 heavy (non-hydrogen) atoms. The van der Waals surface area contributed by atoms with Crippen molar-refractivity contribution in [3.8, 4) is 11.5 Å². The molecule has 1 saturated heterocycles. The fourth-order valence-electron chi connectivity index (χ4n) is 4.76. The standard InChI is InChI=1S/C31H39N5O5/c1-4-41-20-8-15-32-30(37)26-22-24(34-31(38)33-23-9-7-10-25(21-23)39-2)13-14-27(26)35-16-18-36(19-17-35)28-11-5-6-12-29(28)40-3/h5-7,9-14,21-22H,4,8,15-20H2,1-3H3,(H,32,37)(H2,33,34,38). The zero-order chi connectivity index (χ0) is 29.0. The Morgan fingerprint density at radius 3 is 2.22 bits per heavy atom. The van der Waals surface area contributed by atoms with E-state index in [0.29, 0.717) is 48.9 Å². The molecular formula is C31H39N5O5. The average Bonchev–Trinajstić information content (AvgIpc) is 3.01. The summed E-state index contributed by atoms with van der Waals surface area (Å²) in [6, 6.07) is 20.1. The Morgan fingerprint density at radius 1 is 0.805 bits per heavy atom. The zero-order valence-electron chi connectivity index (χ0n) is 23.9. The molecule has 10 nitrogen and oxygen atoms in total. The van der Waals surface area contributed by atoms with Crippen LogP contribution >= 0.6 is 0 Å². The number of nitrogens with one attached hydrogen (secondary N) is 3. The zero-order valence-corrected chi connectivity index (χ0v) is 23.9. The first-order valence-electron chi connectivity index (χ1n) is 13.9. The Labute approximate surface area is 241 Å². The van der Waals surface area contributed by atoms with Crippen LogP contribution in [0.25, 0.3) is 0 Å². The van der Waals surface area contributed by atoms with Crippen LogP contribution in [0.1, 0.15) is 23.7 Å². The summed E-state index contributed by atoms with van der Waals surface area (Å²) in [4.78, 5) is 30.6. The van der Waals surface area contributed by atoms with Gasteiger partial charge in [0.15, 0.2) is 0 Å². The Bertz CT molecular complexity index is 1310. The van der Waals surface area contributed by atoms with Crippen molar-refractivity contribution in [1.29, 1.82) is 0 Å².